The highest BCUT2D eigenvalue weighted by molar-refractivity contribution is 7.80. The number of rotatable bonds is 13. The Morgan fingerprint density at radius 3 is 1.83 bits per heavy atom. The lowest BCUT2D eigenvalue weighted by molar-refractivity contribution is -0.133. The predicted molar refractivity (Wildman–Crippen MR) is 115 cm³/mol. The number of nitrogens with two attached hydrogens (primary N) is 3. The summed E-state index contributed by atoms with van der Waals surface area (Å²) in [5.41, 5.74) is 15.9. The van der Waals surface area contributed by atoms with Crippen molar-refractivity contribution in [2.75, 3.05) is 18.1 Å². The molecular formula is C15H30N8O4S2. The van der Waals surface area contributed by atoms with Crippen LogP contribution in [0.15, 0.2) is 0 Å². The van der Waals surface area contributed by atoms with Gasteiger partial charge < -0.3 is 38.5 Å². The quantitative estimate of drug-likeness (QED) is 0.0587. The van der Waals surface area contributed by atoms with E-state index >= 15 is 0 Å². The summed E-state index contributed by atoms with van der Waals surface area (Å²) in [4.78, 5) is 48.1. The van der Waals surface area contributed by atoms with Crippen LogP contribution in [0, 0.1) is 5.41 Å². The number of thiol groups is 2. The van der Waals surface area contributed by atoms with Crippen molar-refractivity contribution < 1.29 is 19.2 Å². The minimum absolute atomic E-state index is 0.00939. The molecule has 0 aromatic carbocycles. The zero-order chi connectivity index (χ0) is 22.6. The molecule has 29 heavy (non-hydrogen) atoms. The van der Waals surface area contributed by atoms with Crippen LogP contribution in [0.2, 0.25) is 0 Å². The summed E-state index contributed by atoms with van der Waals surface area (Å²) in [6, 6.07) is -3.89. The third-order valence-electron chi connectivity index (χ3n) is 3.69. The first kappa shape index (κ1) is 26.8. The van der Waals surface area contributed by atoms with Gasteiger partial charge in [0.05, 0.1) is 6.04 Å². The molecule has 0 unspecified atom stereocenters. The summed E-state index contributed by atoms with van der Waals surface area (Å²) in [5, 5.41) is 17.1. The second-order valence-corrected chi connectivity index (χ2v) is 6.95. The first-order valence-electron chi connectivity index (χ1n) is 8.79. The Balaban J connectivity index is 5.06. The van der Waals surface area contributed by atoms with E-state index in [2.05, 4.69) is 46.5 Å². The van der Waals surface area contributed by atoms with Gasteiger partial charge >= 0.3 is 0 Å². The van der Waals surface area contributed by atoms with Crippen molar-refractivity contribution in [3.8, 4) is 0 Å². The van der Waals surface area contributed by atoms with E-state index in [0.29, 0.717) is 13.0 Å². The van der Waals surface area contributed by atoms with Crippen molar-refractivity contribution in [1.29, 1.82) is 5.41 Å². The monoisotopic (exact) mass is 450 g/mol. The molecule has 11 N–H and O–H groups in total. The van der Waals surface area contributed by atoms with E-state index in [4.69, 9.17) is 22.6 Å². The lowest BCUT2D eigenvalue weighted by Gasteiger charge is -2.24. The number of hydrogen-bond donors (Lipinski definition) is 10. The molecule has 4 atom stereocenters. The molecule has 166 valence electrons. The molecular weight excluding hydrogens is 420 g/mol. The van der Waals surface area contributed by atoms with Crippen molar-refractivity contribution in [2.24, 2.45) is 17.2 Å². The molecule has 0 aliphatic rings. The maximum atomic E-state index is 12.6. The minimum atomic E-state index is -1.07. The van der Waals surface area contributed by atoms with E-state index in [1.165, 1.54) is 6.92 Å². The second kappa shape index (κ2) is 13.9. The van der Waals surface area contributed by atoms with Crippen LogP contribution in [0.1, 0.15) is 19.8 Å². The Kier molecular flexibility index (Phi) is 12.8. The van der Waals surface area contributed by atoms with E-state index < -0.39 is 47.8 Å². The minimum Gasteiger partial charge on any atom is -0.370 e. The van der Waals surface area contributed by atoms with E-state index in [9.17, 15) is 19.2 Å². The summed E-state index contributed by atoms with van der Waals surface area (Å²) in [5.74, 6) is -2.89. The van der Waals surface area contributed by atoms with Crippen molar-refractivity contribution in [2.45, 2.75) is 43.9 Å². The lowest BCUT2D eigenvalue weighted by atomic mass is 10.1. The van der Waals surface area contributed by atoms with Gasteiger partial charge in [0, 0.05) is 18.1 Å². The molecule has 12 nitrogen and oxygen atoms in total. The van der Waals surface area contributed by atoms with E-state index in [-0.39, 0.29) is 23.9 Å². The molecule has 0 heterocycles. The first-order chi connectivity index (χ1) is 13.5. The van der Waals surface area contributed by atoms with Gasteiger partial charge in [0.2, 0.25) is 23.6 Å². The highest BCUT2D eigenvalue weighted by atomic mass is 32.1. The summed E-state index contributed by atoms with van der Waals surface area (Å²) in [7, 11) is 0. The Hall–Kier alpha value is -2.19. The summed E-state index contributed by atoms with van der Waals surface area (Å²) < 4.78 is 0. The fourth-order valence-electron chi connectivity index (χ4n) is 2.05. The van der Waals surface area contributed by atoms with Gasteiger partial charge in [-0.2, -0.15) is 25.3 Å². The van der Waals surface area contributed by atoms with Crippen LogP contribution in [-0.2, 0) is 19.2 Å². The number of carbonyl (C=O) groups is 4. The van der Waals surface area contributed by atoms with Gasteiger partial charge in [-0.1, -0.05) is 0 Å². The second-order valence-electron chi connectivity index (χ2n) is 6.22. The van der Waals surface area contributed by atoms with Crippen molar-refractivity contribution in [1.82, 2.24) is 21.3 Å². The lowest BCUT2D eigenvalue weighted by Crippen LogP contribution is -2.58. The number of primary amides is 1. The van der Waals surface area contributed by atoms with E-state index in [1.54, 1.807) is 0 Å². The maximum absolute atomic E-state index is 12.6. The van der Waals surface area contributed by atoms with Gasteiger partial charge in [-0.05, 0) is 19.8 Å². The molecule has 0 aliphatic heterocycles. The average molecular weight is 451 g/mol. The average Bonchev–Trinajstić information content (AvgIpc) is 2.65. The zero-order valence-electron chi connectivity index (χ0n) is 16.1. The van der Waals surface area contributed by atoms with Crippen LogP contribution in [0.5, 0.6) is 0 Å². The van der Waals surface area contributed by atoms with Gasteiger partial charge in [0.1, 0.15) is 18.1 Å². The molecule has 0 saturated carbocycles. The fraction of sp³-hybridized carbons (Fsp3) is 0.667. The molecule has 0 bridgehead atoms. The topological polar surface area (TPSA) is 218 Å². The molecule has 0 saturated heterocycles. The molecule has 0 rings (SSSR count). The maximum Gasteiger partial charge on any atom is 0.244 e. The number of hydrogen-bond acceptors (Lipinski definition) is 8. The van der Waals surface area contributed by atoms with Crippen LogP contribution < -0.4 is 38.5 Å². The summed E-state index contributed by atoms with van der Waals surface area (Å²) >= 11 is 7.98. The van der Waals surface area contributed by atoms with Crippen LogP contribution in [0.3, 0.4) is 0 Å². The van der Waals surface area contributed by atoms with E-state index in [0.717, 1.165) is 0 Å². The Morgan fingerprint density at radius 2 is 1.38 bits per heavy atom. The zero-order valence-corrected chi connectivity index (χ0v) is 17.9. The highest BCUT2D eigenvalue weighted by Crippen LogP contribution is 2.01. The molecule has 4 amide bonds. The molecule has 0 aromatic heterocycles. The number of guanidine groups is 1. The van der Waals surface area contributed by atoms with Crippen LogP contribution in [0.25, 0.3) is 0 Å². The standard InChI is InChI=1S/C15H30N8O4S2/c1-7(16)12(25)21-8(3-2-4-20-15(18)19)13(26)23-10(6-29)14(27)22-9(5-28)11(17)24/h7-10,28-29H,2-6,16H2,1H3,(H2,17,24)(H,21,25)(H,22,27)(H,23,26)(H4,18,19,20)/t7-,8-,9-,10-/m0/s1. The van der Waals surface area contributed by atoms with Crippen LogP contribution in [-0.4, -0.2) is 71.8 Å². The SMILES string of the molecule is C[C@H](N)C(=O)N[C@@H](CCCNC(=N)N)C(=O)N[C@@H](CS)C(=O)N[C@@H](CS)C(N)=O. The third kappa shape index (κ3) is 10.8. The molecule has 14 heteroatoms. The van der Waals surface area contributed by atoms with E-state index in [1.807, 2.05) is 0 Å². The van der Waals surface area contributed by atoms with Gasteiger partial charge in [-0.15, -0.1) is 0 Å². The Morgan fingerprint density at radius 1 is 0.897 bits per heavy atom. The summed E-state index contributed by atoms with van der Waals surface area (Å²) in [6.45, 7) is 1.78. The molecule has 0 fully saturated rings. The smallest absolute Gasteiger partial charge is 0.244 e. The van der Waals surface area contributed by atoms with Gasteiger partial charge in [0.25, 0.3) is 0 Å². The number of amides is 4. The Bertz CT molecular complexity index is 605. The molecule has 0 radical (unpaired) electrons. The normalized spacial score (nSPS) is 14.6. The van der Waals surface area contributed by atoms with Crippen molar-refractivity contribution >= 4 is 54.8 Å². The van der Waals surface area contributed by atoms with Crippen molar-refractivity contribution in [3.63, 3.8) is 0 Å². The van der Waals surface area contributed by atoms with Crippen molar-refractivity contribution in [3.05, 3.63) is 0 Å². The molecule has 0 aliphatic carbocycles. The van der Waals surface area contributed by atoms with Crippen LogP contribution in [0.4, 0.5) is 0 Å². The predicted octanol–water partition coefficient (Wildman–Crippen LogP) is -3.60. The van der Waals surface area contributed by atoms with Gasteiger partial charge in [-0.3, -0.25) is 24.6 Å². The fourth-order valence-corrected chi connectivity index (χ4v) is 2.58. The Labute approximate surface area is 180 Å². The summed E-state index contributed by atoms with van der Waals surface area (Å²) in [6.07, 6.45) is 0.601. The number of carbonyl (C=O) groups excluding carboxylic acids is 4. The van der Waals surface area contributed by atoms with Gasteiger partial charge in [0.15, 0.2) is 5.96 Å². The molecule has 0 spiro atoms. The first-order valence-corrected chi connectivity index (χ1v) is 10.1. The van der Waals surface area contributed by atoms with Gasteiger partial charge in [-0.25, -0.2) is 0 Å². The third-order valence-corrected chi connectivity index (χ3v) is 4.42. The highest BCUT2D eigenvalue weighted by Gasteiger charge is 2.28. The van der Waals surface area contributed by atoms with Crippen LogP contribution >= 0.6 is 25.3 Å². The number of nitrogens with one attached hydrogen (secondary N) is 5. The molecule has 0 aromatic rings. The largest absolute Gasteiger partial charge is 0.370 e.